The van der Waals surface area contributed by atoms with Crippen molar-refractivity contribution in [3.63, 3.8) is 0 Å². The van der Waals surface area contributed by atoms with E-state index in [1.165, 1.54) is 12.1 Å². The normalized spacial score (nSPS) is 11.5. The van der Waals surface area contributed by atoms with Crippen LogP contribution in [0.1, 0.15) is 16.7 Å². The molecule has 0 unspecified atom stereocenters. The topological polar surface area (TPSA) is 182 Å². The fourth-order valence-corrected chi connectivity index (χ4v) is 6.10. The molecule has 0 saturated heterocycles. The summed E-state index contributed by atoms with van der Waals surface area (Å²) in [6, 6.07) is 15.7. The molecule has 0 radical (unpaired) electrons. The monoisotopic (exact) mass is 692 g/mol. The first-order valence-electron chi connectivity index (χ1n) is 12.1. The van der Waals surface area contributed by atoms with Crippen LogP contribution in [-0.4, -0.2) is 26.7 Å². The van der Waals surface area contributed by atoms with Gasteiger partial charge in [-0.05, 0) is 55.3 Å². The lowest BCUT2D eigenvalue weighted by Crippen LogP contribution is -2.14. The maximum atomic E-state index is 13.1. The molecular formula is C27H21BrN2O11S2. The summed E-state index contributed by atoms with van der Waals surface area (Å²) >= 11 is 3.33. The number of non-ortho nitro benzene ring substituents is 2. The smallest absolute Gasteiger partial charge is 0.339 e. The van der Waals surface area contributed by atoms with Crippen LogP contribution in [-0.2, 0) is 26.8 Å². The molecule has 0 bridgehead atoms. The van der Waals surface area contributed by atoms with Gasteiger partial charge in [-0.2, -0.15) is 16.8 Å². The van der Waals surface area contributed by atoms with Gasteiger partial charge in [0.1, 0.15) is 22.1 Å². The fraction of sp³-hybridized carbons (Fsp3) is 0.111. The molecule has 0 spiro atoms. The summed E-state index contributed by atoms with van der Waals surface area (Å²) in [7, 11) is -9.29. The Morgan fingerprint density at radius 2 is 1.12 bits per heavy atom. The molecule has 0 aliphatic heterocycles. The molecule has 0 amide bonds. The third-order valence-corrected chi connectivity index (χ3v) is 9.20. The summed E-state index contributed by atoms with van der Waals surface area (Å²) in [5.74, 6) is -0.477. The number of nitrogens with zero attached hydrogens (tertiary/aromatic N) is 2. The number of aryl methyl sites for hydroxylation is 2. The average molecular weight is 694 g/mol. The number of halogens is 1. The SMILES string of the molecule is Cc1cccc(C)c1OCc1cc(OS(=O)(=O)c2ccc([N+](=O)[O-])cc2)c(OS(=O)(=O)c2ccc([N+](=O)[O-])cc2)cc1Br. The molecule has 4 aromatic carbocycles. The minimum Gasteiger partial charge on any atom is -0.488 e. The van der Waals surface area contributed by atoms with Gasteiger partial charge in [0.15, 0.2) is 11.5 Å². The summed E-state index contributed by atoms with van der Waals surface area (Å²) in [5, 5.41) is 21.9. The Morgan fingerprint density at radius 3 is 1.53 bits per heavy atom. The van der Waals surface area contributed by atoms with Crippen molar-refractivity contribution in [3.05, 3.63) is 120 Å². The van der Waals surface area contributed by atoms with Gasteiger partial charge in [-0.3, -0.25) is 20.2 Å². The first kappa shape index (κ1) is 31.4. The van der Waals surface area contributed by atoms with E-state index in [2.05, 4.69) is 15.9 Å². The van der Waals surface area contributed by atoms with E-state index in [1.807, 2.05) is 32.0 Å². The van der Waals surface area contributed by atoms with Crippen LogP contribution in [0.5, 0.6) is 17.2 Å². The van der Waals surface area contributed by atoms with Crippen LogP contribution in [0.4, 0.5) is 11.4 Å². The highest BCUT2D eigenvalue weighted by Crippen LogP contribution is 2.38. The van der Waals surface area contributed by atoms with Crippen LogP contribution < -0.4 is 13.1 Å². The maximum Gasteiger partial charge on any atom is 0.339 e. The largest absolute Gasteiger partial charge is 0.488 e. The molecule has 0 aromatic heterocycles. The minimum atomic E-state index is -4.65. The zero-order valence-electron chi connectivity index (χ0n) is 22.3. The Morgan fingerprint density at radius 1 is 0.698 bits per heavy atom. The molecule has 0 N–H and O–H groups in total. The van der Waals surface area contributed by atoms with Crippen LogP contribution in [0.25, 0.3) is 0 Å². The summed E-state index contributed by atoms with van der Waals surface area (Å²) in [5.41, 5.74) is 1.35. The molecule has 224 valence electrons. The van der Waals surface area contributed by atoms with Crippen molar-refractivity contribution >= 4 is 47.5 Å². The molecule has 0 aliphatic carbocycles. The van der Waals surface area contributed by atoms with Crippen molar-refractivity contribution in [3.8, 4) is 17.2 Å². The number of nitro benzene ring substituents is 2. The van der Waals surface area contributed by atoms with E-state index in [-0.39, 0.29) is 22.5 Å². The summed E-state index contributed by atoms with van der Waals surface area (Å²) in [6.07, 6.45) is 0. The zero-order valence-corrected chi connectivity index (χ0v) is 25.5. The van der Waals surface area contributed by atoms with Crippen molar-refractivity contribution in [2.24, 2.45) is 0 Å². The molecule has 4 rings (SSSR count). The van der Waals surface area contributed by atoms with Crippen molar-refractivity contribution in [1.82, 2.24) is 0 Å². The van der Waals surface area contributed by atoms with E-state index in [0.29, 0.717) is 11.3 Å². The number of ether oxygens (including phenoxy) is 1. The quantitative estimate of drug-likeness (QED) is 0.102. The predicted molar refractivity (Wildman–Crippen MR) is 156 cm³/mol. The molecule has 0 aliphatic rings. The van der Waals surface area contributed by atoms with Crippen LogP contribution in [0.2, 0.25) is 0 Å². The first-order valence-corrected chi connectivity index (χ1v) is 15.7. The second-order valence-electron chi connectivity index (χ2n) is 8.98. The Labute approximate surface area is 254 Å². The highest BCUT2D eigenvalue weighted by molar-refractivity contribution is 9.10. The highest BCUT2D eigenvalue weighted by atomic mass is 79.9. The molecule has 16 heteroatoms. The summed E-state index contributed by atoms with van der Waals surface area (Å²) in [6.45, 7) is 3.61. The van der Waals surface area contributed by atoms with Gasteiger partial charge in [0.25, 0.3) is 11.4 Å². The van der Waals surface area contributed by atoms with Crippen LogP contribution in [0.15, 0.2) is 93.1 Å². The number of benzene rings is 4. The fourth-order valence-electron chi connectivity index (χ4n) is 3.80. The number of nitro groups is 2. The molecule has 4 aromatic rings. The van der Waals surface area contributed by atoms with Gasteiger partial charge in [0.2, 0.25) is 0 Å². The lowest BCUT2D eigenvalue weighted by molar-refractivity contribution is -0.385. The number of hydrogen-bond donors (Lipinski definition) is 0. The van der Waals surface area contributed by atoms with E-state index in [1.54, 1.807) is 0 Å². The lowest BCUT2D eigenvalue weighted by atomic mass is 10.1. The number of hydrogen-bond acceptors (Lipinski definition) is 11. The highest BCUT2D eigenvalue weighted by Gasteiger charge is 2.26. The molecule has 13 nitrogen and oxygen atoms in total. The standard InChI is InChI=1S/C27H21BrN2O11S2/c1-17-4-3-5-18(2)27(17)39-16-19-14-25(40-42(35,36)22-10-6-20(7-11-22)29(31)32)26(15-24(19)28)41-43(37,38)23-12-8-21(9-13-23)30(33)34/h3-15H,16H2,1-2H3. The van der Waals surface area contributed by atoms with Crippen molar-refractivity contribution < 1.29 is 39.8 Å². The molecule has 0 fully saturated rings. The maximum absolute atomic E-state index is 13.1. The van der Waals surface area contributed by atoms with Gasteiger partial charge in [-0.15, -0.1) is 0 Å². The third-order valence-electron chi connectivity index (χ3n) is 5.96. The van der Waals surface area contributed by atoms with Gasteiger partial charge < -0.3 is 13.1 Å². The molecule has 0 saturated carbocycles. The Bertz CT molecular complexity index is 1910. The molecule has 0 heterocycles. The van der Waals surface area contributed by atoms with E-state index in [4.69, 9.17) is 13.1 Å². The van der Waals surface area contributed by atoms with Gasteiger partial charge in [0, 0.05) is 40.4 Å². The molecule has 0 atom stereocenters. The van der Waals surface area contributed by atoms with E-state index in [9.17, 15) is 37.1 Å². The second kappa shape index (κ2) is 12.4. The van der Waals surface area contributed by atoms with Crippen LogP contribution >= 0.6 is 15.9 Å². The Kier molecular flexibility index (Phi) is 9.03. The summed E-state index contributed by atoms with van der Waals surface area (Å²) in [4.78, 5) is 19.6. The Balaban J connectivity index is 1.74. The van der Waals surface area contributed by atoms with Gasteiger partial charge >= 0.3 is 20.2 Å². The van der Waals surface area contributed by atoms with Gasteiger partial charge in [0.05, 0.1) is 9.85 Å². The molecule has 43 heavy (non-hydrogen) atoms. The van der Waals surface area contributed by atoms with E-state index < -0.39 is 51.4 Å². The zero-order chi connectivity index (χ0) is 31.5. The summed E-state index contributed by atoms with van der Waals surface area (Å²) < 4.78 is 69.2. The van der Waals surface area contributed by atoms with Crippen molar-refractivity contribution in [1.29, 1.82) is 0 Å². The van der Waals surface area contributed by atoms with Crippen LogP contribution in [0.3, 0.4) is 0 Å². The van der Waals surface area contributed by atoms with Crippen LogP contribution in [0, 0.1) is 34.1 Å². The minimum absolute atomic E-state index is 0.0877. The van der Waals surface area contributed by atoms with Crippen molar-refractivity contribution in [2.45, 2.75) is 30.2 Å². The average Bonchev–Trinajstić information content (AvgIpc) is 2.94. The van der Waals surface area contributed by atoms with E-state index in [0.717, 1.165) is 59.7 Å². The predicted octanol–water partition coefficient (Wildman–Crippen LogP) is 6.00. The second-order valence-corrected chi connectivity index (χ2v) is 12.9. The lowest BCUT2D eigenvalue weighted by Gasteiger charge is -2.17. The number of para-hydroxylation sites is 1. The van der Waals surface area contributed by atoms with Gasteiger partial charge in [-0.25, -0.2) is 0 Å². The van der Waals surface area contributed by atoms with E-state index >= 15 is 0 Å². The number of rotatable bonds is 11. The van der Waals surface area contributed by atoms with Crippen molar-refractivity contribution in [2.75, 3.05) is 0 Å². The molecular weight excluding hydrogens is 672 g/mol. The Hall–Kier alpha value is -4.54. The first-order chi connectivity index (χ1) is 20.2. The third kappa shape index (κ3) is 7.28. The van der Waals surface area contributed by atoms with Gasteiger partial charge in [-0.1, -0.05) is 34.1 Å².